The third-order valence-corrected chi connectivity index (χ3v) is 4.63. The molecule has 4 rings (SSSR count). The van der Waals surface area contributed by atoms with Gasteiger partial charge >= 0.3 is 0 Å². The maximum absolute atomic E-state index is 4.67. The lowest BCUT2D eigenvalue weighted by molar-refractivity contribution is 0.133. The van der Waals surface area contributed by atoms with Crippen molar-refractivity contribution in [1.29, 1.82) is 0 Å². The maximum atomic E-state index is 4.67. The topological polar surface area (TPSA) is 73.0 Å². The molecule has 21 heavy (non-hydrogen) atoms. The Morgan fingerprint density at radius 3 is 3.10 bits per heavy atom. The van der Waals surface area contributed by atoms with E-state index in [1.54, 1.807) is 6.33 Å². The van der Waals surface area contributed by atoms with Gasteiger partial charge in [-0.15, -0.1) is 0 Å². The van der Waals surface area contributed by atoms with Crippen molar-refractivity contribution >= 4 is 22.9 Å². The van der Waals surface area contributed by atoms with Crippen LogP contribution in [0.1, 0.15) is 19.3 Å². The predicted molar refractivity (Wildman–Crippen MR) is 82.7 cm³/mol. The first kappa shape index (κ1) is 12.8. The van der Waals surface area contributed by atoms with Crippen LogP contribution in [-0.4, -0.2) is 64.1 Å². The van der Waals surface area contributed by atoms with Gasteiger partial charge in [0.05, 0.1) is 6.33 Å². The van der Waals surface area contributed by atoms with E-state index < -0.39 is 0 Å². The molecule has 2 N–H and O–H groups in total. The molecule has 0 spiro atoms. The number of aromatic nitrogens is 4. The molecular formula is C14H21N7. The number of aromatic amines is 1. The van der Waals surface area contributed by atoms with E-state index in [1.807, 2.05) is 7.05 Å². The van der Waals surface area contributed by atoms with Crippen LogP contribution in [0.4, 0.5) is 11.8 Å². The summed E-state index contributed by atoms with van der Waals surface area (Å²) in [6.07, 6.45) is 5.68. The molecule has 0 bridgehead atoms. The zero-order valence-corrected chi connectivity index (χ0v) is 12.3. The highest BCUT2D eigenvalue weighted by Gasteiger charge is 2.30. The highest BCUT2D eigenvalue weighted by molar-refractivity contribution is 5.84. The van der Waals surface area contributed by atoms with Crippen LogP contribution >= 0.6 is 0 Å². The molecule has 7 heteroatoms. The minimum Gasteiger partial charge on any atom is -0.357 e. The van der Waals surface area contributed by atoms with E-state index in [4.69, 9.17) is 0 Å². The van der Waals surface area contributed by atoms with Gasteiger partial charge in [-0.3, -0.25) is 4.90 Å². The Bertz CT molecular complexity index is 637. The summed E-state index contributed by atoms with van der Waals surface area (Å²) in [5.41, 5.74) is 1.67. The molecule has 2 fully saturated rings. The molecule has 2 saturated heterocycles. The van der Waals surface area contributed by atoms with Crippen LogP contribution in [-0.2, 0) is 0 Å². The van der Waals surface area contributed by atoms with E-state index in [9.17, 15) is 0 Å². The highest BCUT2D eigenvalue weighted by atomic mass is 15.3. The van der Waals surface area contributed by atoms with Crippen molar-refractivity contribution in [2.75, 3.05) is 43.4 Å². The lowest BCUT2D eigenvalue weighted by Crippen LogP contribution is -2.55. The summed E-state index contributed by atoms with van der Waals surface area (Å²) < 4.78 is 0. The minimum atomic E-state index is 0.635. The standard InChI is InChI=1S/C14H21N7/c1-15-14-18-12-11(16-9-17-12)13(19-14)21-7-6-20-5-3-2-4-10(20)8-21/h9-10H,2-8H2,1H3,(H2,15,16,17,18,19). The van der Waals surface area contributed by atoms with Gasteiger partial charge in [-0.2, -0.15) is 9.97 Å². The molecule has 0 saturated carbocycles. The molecule has 2 aliphatic rings. The van der Waals surface area contributed by atoms with Gasteiger partial charge in [0, 0.05) is 32.7 Å². The number of nitrogens with zero attached hydrogens (tertiary/aromatic N) is 5. The van der Waals surface area contributed by atoms with E-state index in [0.29, 0.717) is 12.0 Å². The van der Waals surface area contributed by atoms with Crippen LogP contribution in [0, 0.1) is 0 Å². The van der Waals surface area contributed by atoms with E-state index in [-0.39, 0.29) is 0 Å². The van der Waals surface area contributed by atoms with E-state index in [1.165, 1.54) is 25.8 Å². The Balaban J connectivity index is 1.67. The number of rotatable bonds is 2. The molecule has 2 aromatic rings. The van der Waals surface area contributed by atoms with Crippen LogP contribution in [0.2, 0.25) is 0 Å². The number of H-pyrrole nitrogens is 1. The van der Waals surface area contributed by atoms with Crippen molar-refractivity contribution in [3.63, 3.8) is 0 Å². The fourth-order valence-corrected chi connectivity index (χ4v) is 3.51. The summed E-state index contributed by atoms with van der Waals surface area (Å²) in [4.78, 5) is 21.5. The van der Waals surface area contributed by atoms with Crippen molar-refractivity contribution in [1.82, 2.24) is 24.8 Å². The number of imidazole rings is 1. The zero-order valence-electron chi connectivity index (χ0n) is 12.3. The average molecular weight is 287 g/mol. The van der Waals surface area contributed by atoms with Gasteiger partial charge in [0.25, 0.3) is 0 Å². The molecular weight excluding hydrogens is 266 g/mol. The third-order valence-electron chi connectivity index (χ3n) is 4.63. The SMILES string of the molecule is CNc1nc(N2CCN3CCCCC3C2)c2[nH]cnc2n1. The molecule has 1 atom stereocenters. The largest absolute Gasteiger partial charge is 0.357 e. The molecule has 0 amide bonds. The molecule has 2 aromatic heterocycles. The first-order chi connectivity index (χ1) is 10.3. The second-order valence-corrected chi connectivity index (χ2v) is 5.85. The minimum absolute atomic E-state index is 0.635. The fraction of sp³-hybridized carbons (Fsp3) is 0.643. The number of fused-ring (bicyclic) bond motifs is 2. The van der Waals surface area contributed by atoms with Crippen LogP contribution in [0.3, 0.4) is 0 Å². The lowest BCUT2D eigenvalue weighted by atomic mass is 9.99. The summed E-state index contributed by atoms with van der Waals surface area (Å²) in [6, 6.07) is 0.665. The van der Waals surface area contributed by atoms with Crippen molar-refractivity contribution < 1.29 is 0 Å². The van der Waals surface area contributed by atoms with Gasteiger partial charge < -0.3 is 15.2 Å². The normalized spacial score (nSPS) is 23.3. The highest BCUT2D eigenvalue weighted by Crippen LogP contribution is 2.27. The number of piperidine rings is 1. The van der Waals surface area contributed by atoms with Gasteiger partial charge in [0.2, 0.25) is 5.95 Å². The van der Waals surface area contributed by atoms with Gasteiger partial charge in [0.15, 0.2) is 11.5 Å². The van der Waals surface area contributed by atoms with Gasteiger partial charge in [0.1, 0.15) is 5.52 Å². The fourth-order valence-electron chi connectivity index (χ4n) is 3.51. The Labute approximate surface area is 123 Å². The molecule has 0 aromatic carbocycles. The van der Waals surface area contributed by atoms with Gasteiger partial charge in [-0.25, -0.2) is 4.98 Å². The quantitative estimate of drug-likeness (QED) is 0.861. The van der Waals surface area contributed by atoms with Crippen molar-refractivity contribution in [3.8, 4) is 0 Å². The smallest absolute Gasteiger partial charge is 0.226 e. The Morgan fingerprint density at radius 1 is 1.24 bits per heavy atom. The summed E-state index contributed by atoms with van der Waals surface area (Å²) in [5.74, 6) is 1.61. The van der Waals surface area contributed by atoms with Gasteiger partial charge in [-0.1, -0.05) is 6.42 Å². The third kappa shape index (κ3) is 2.21. The maximum Gasteiger partial charge on any atom is 0.226 e. The summed E-state index contributed by atoms with van der Waals surface area (Å²) in [7, 11) is 1.84. The second-order valence-electron chi connectivity index (χ2n) is 5.85. The summed E-state index contributed by atoms with van der Waals surface area (Å²) in [6.45, 7) is 4.45. The molecule has 0 aliphatic carbocycles. The van der Waals surface area contributed by atoms with Gasteiger partial charge in [-0.05, 0) is 19.4 Å². The number of anilines is 2. The summed E-state index contributed by atoms with van der Waals surface area (Å²) in [5, 5.41) is 3.03. The Morgan fingerprint density at radius 2 is 2.19 bits per heavy atom. The first-order valence-corrected chi connectivity index (χ1v) is 7.73. The molecule has 0 radical (unpaired) electrons. The molecule has 1 unspecified atom stereocenters. The van der Waals surface area contributed by atoms with Crippen LogP contribution in [0.25, 0.3) is 11.2 Å². The summed E-state index contributed by atoms with van der Waals surface area (Å²) >= 11 is 0. The molecule has 7 nitrogen and oxygen atoms in total. The predicted octanol–water partition coefficient (Wildman–Crippen LogP) is 1.07. The van der Waals surface area contributed by atoms with E-state index in [0.717, 1.165) is 36.6 Å². The Kier molecular flexibility index (Phi) is 3.14. The molecule has 2 aliphatic heterocycles. The number of piperazine rings is 1. The molecule has 4 heterocycles. The lowest BCUT2D eigenvalue weighted by Gasteiger charge is -2.44. The van der Waals surface area contributed by atoms with Crippen LogP contribution in [0.5, 0.6) is 0 Å². The van der Waals surface area contributed by atoms with Crippen molar-refractivity contribution in [2.45, 2.75) is 25.3 Å². The van der Waals surface area contributed by atoms with Crippen molar-refractivity contribution in [2.24, 2.45) is 0 Å². The van der Waals surface area contributed by atoms with E-state index >= 15 is 0 Å². The Hall–Kier alpha value is -1.89. The molecule has 112 valence electrons. The zero-order chi connectivity index (χ0) is 14.2. The monoisotopic (exact) mass is 287 g/mol. The van der Waals surface area contributed by atoms with E-state index in [2.05, 4.69) is 35.1 Å². The van der Waals surface area contributed by atoms with Crippen LogP contribution in [0.15, 0.2) is 6.33 Å². The first-order valence-electron chi connectivity index (χ1n) is 7.73. The average Bonchev–Trinajstić information content (AvgIpc) is 3.01. The second kappa shape index (κ2) is 5.14. The number of hydrogen-bond acceptors (Lipinski definition) is 6. The van der Waals surface area contributed by atoms with Crippen LogP contribution < -0.4 is 10.2 Å². The van der Waals surface area contributed by atoms with Crippen molar-refractivity contribution in [3.05, 3.63) is 6.33 Å². The number of hydrogen-bond donors (Lipinski definition) is 2. The number of nitrogens with one attached hydrogen (secondary N) is 2.